The Balaban J connectivity index is 2.70. The van der Waals surface area contributed by atoms with Crippen LogP contribution in [0.15, 0.2) is 12.1 Å². The van der Waals surface area contributed by atoms with Crippen molar-refractivity contribution in [2.45, 2.75) is 6.92 Å². The van der Waals surface area contributed by atoms with Gasteiger partial charge in [0, 0.05) is 19.3 Å². The van der Waals surface area contributed by atoms with Crippen LogP contribution < -0.4 is 10.6 Å². The highest BCUT2D eigenvalue weighted by molar-refractivity contribution is 7.98. The number of pyridine rings is 1. The van der Waals surface area contributed by atoms with E-state index in [0.717, 1.165) is 29.5 Å². The lowest BCUT2D eigenvalue weighted by atomic mass is 10.3. The van der Waals surface area contributed by atoms with Crippen molar-refractivity contribution in [1.82, 2.24) is 4.98 Å². The van der Waals surface area contributed by atoms with E-state index in [1.807, 2.05) is 37.9 Å². The van der Waals surface area contributed by atoms with Crippen LogP contribution in [0.5, 0.6) is 0 Å². The van der Waals surface area contributed by atoms with E-state index in [1.165, 1.54) is 0 Å². The number of nitrogens with two attached hydrogens (primary N) is 1. The van der Waals surface area contributed by atoms with Crippen molar-refractivity contribution in [3.8, 4) is 0 Å². The zero-order valence-corrected chi connectivity index (χ0v) is 9.77. The molecule has 0 saturated heterocycles. The molecule has 1 aromatic rings. The van der Waals surface area contributed by atoms with E-state index in [0.29, 0.717) is 0 Å². The minimum Gasteiger partial charge on any atom is -0.397 e. The minimum atomic E-state index is 0.756. The smallest absolute Gasteiger partial charge is 0.128 e. The second-order valence-corrected chi connectivity index (χ2v) is 4.24. The van der Waals surface area contributed by atoms with E-state index in [1.54, 1.807) is 0 Å². The Morgan fingerprint density at radius 3 is 2.79 bits per heavy atom. The average Bonchev–Trinajstić information content (AvgIpc) is 2.18. The summed E-state index contributed by atoms with van der Waals surface area (Å²) in [6, 6.07) is 3.87. The molecule has 3 nitrogen and oxygen atoms in total. The second kappa shape index (κ2) is 5.10. The van der Waals surface area contributed by atoms with Gasteiger partial charge in [-0.25, -0.2) is 4.98 Å². The third-order valence-corrected chi connectivity index (χ3v) is 2.72. The van der Waals surface area contributed by atoms with Crippen molar-refractivity contribution in [3.63, 3.8) is 0 Å². The molecule has 0 spiro atoms. The summed E-state index contributed by atoms with van der Waals surface area (Å²) in [4.78, 5) is 6.56. The number of anilines is 2. The molecule has 0 atom stereocenters. The van der Waals surface area contributed by atoms with Crippen LogP contribution in [0.2, 0.25) is 0 Å². The summed E-state index contributed by atoms with van der Waals surface area (Å²) in [5, 5.41) is 0. The average molecular weight is 211 g/mol. The summed E-state index contributed by atoms with van der Waals surface area (Å²) in [5.74, 6) is 2.10. The highest BCUT2D eigenvalue weighted by Gasteiger charge is 2.03. The first-order valence-electron chi connectivity index (χ1n) is 4.58. The molecule has 0 aliphatic carbocycles. The number of nitrogen functional groups attached to an aromatic ring is 1. The van der Waals surface area contributed by atoms with Gasteiger partial charge < -0.3 is 10.6 Å². The predicted molar refractivity (Wildman–Crippen MR) is 65.0 cm³/mol. The molecule has 1 heterocycles. The first-order valence-corrected chi connectivity index (χ1v) is 5.97. The maximum absolute atomic E-state index is 5.70. The molecule has 1 rings (SSSR count). The second-order valence-electron chi connectivity index (χ2n) is 3.26. The number of thioether (sulfide) groups is 1. The van der Waals surface area contributed by atoms with Gasteiger partial charge in [0.1, 0.15) is 5.82 Å². The van der Waals surface area contributed by atoms with Crippen LogP contribution in [0.1, 0.15) is 5.69 Å². The Morgan fingerprint density at radius 1 is 1.50 bits per heavy atom. The molecule has 78 valence electrons. The number of hydrogen-bond acceptors (Lipinski definition) is 4. The van der Waals surface area contributed by atoms with Gasteiger partial charge in [-0.1, -0.05) is 0 Å². The zero-order valence-electron chi connectivity index (χ0n) is 8.95. The zero-order chi connectivity index (χ0) is 10.6. The third-order valence-electron chi connectivity index (χ3n) is 2.13. The molecule has 14 heavy (non-hydrogen) atoms. The lowest BCUT2D eigenvalue weighted by Gasteiger charge is -2.18. The van der Waals surface area contributed by atoms with Gasteiger partial charge in [0.25, 0.3) is 0 Å². The minimum absolute atomic E-state index is 0.756. The van der Waals surface area contributed by atoms with Gasteiger partial charge >= 0.3 is 0 Å². The number of rotatable bonds is 4. The van der Waals surface area contributed by atoms with Gasteiger partial charge in [-0.05, 0) is 25.3 Å². The molecule has 0 fully saturated rings. The largest absolute Gasteiger partial charge is 0.397 e. The van der Waals surface area contributed by atoms with Crippen molar-refractivity contribution in [2.24, 2.45) is 0 Å². The SMILES string of the molecule is CSCCN(C)c1ccc(N)c(C)n1. The van der Waals surface area contributed by atoms with Crippen LogP contribution in [-0.4, -0.2) is 30.6 Å². The summed E-state index contributed by atoms with van der Waals surface area (Å²) in [6.07, 6.45) is 2.11. The molecule has 0 bridgehead atoms. The van der Waals surface area contributed by atoms with Crippen molar-refractivity contribution >= 4 is 23.3 Å². The van der Waals surface area contributed by atoms with Crippen molar-refractivity contribution < 1.29 is 0 Å². The predicted octanol–water partition coefficient (Wildman–Crippen LogP) is 1.77. The van der Waals surface area contributed by atoms with Gasteiger partial charge in [-0.2, -0.15) is 11.8 Å². The number of aromatic nitrogens is 1. The Labute approximate surface area is 89.7 Å². The van der Waals surface area contributed by atoms with E-state index in [4.69, 9.17) is 5.73 Å². The Kier molecular flexibility index (Phi) is 4.07. The van der Waals surface area contributed by atoms with Crippen LogP contribution in [-0.2, 0) is 0 Å². The van der Waals surface area contributed by atoms with Crippen LogP contribution in [0, 0.1) is 6.92 Å². The quantitative estimate of drug-likeness (QED) is 0.824. The van der Waals surface area contributed by atoms with Gasteiger partial charge in [-0.15, -0.1) is 0 Å². The van der Waals surface area contributed by atoms with Crippen molar-refractivity contribution in [1.29, 1.82) is 0 Å². The summed E-state index contributed by atoms with van der Waals surface area (Å²) >= 11 is 1.84. The van der Waals surface area contributed by atoms with Crippen molar-refractivity contribution in [3.05, 3.63) is 17.8 Å². The van der Waals surface area contributed by atoms with E-state index < -0.39 is 0 Å². The molecule has 0 saturated carbocycles. The first-order chi connectivity index (χ1) is 6.65. The van der Waals surface area contributed by atoms with Gasteiger partial charge in [0.05, 0.1) is 11.4 Å². The molecular formula is C10H17N3S. The number of nitrogens with zero attached hydrogens (tertiary/aromatic N) is 2. The molecule has 0 unspecified atom stereocenters. The van der Waals surface area contributed by atoms with Crippen molar-refractivity contribution in [2.75, 3.05) is 36.2 Å². The fourth-order valence-electron chi connectivity index (χ4n) is 1.11. The molecule has 0 amide bonds. The lowest BCUT2D eigenvalue weighted by Crippen LogP contribution is -2.21. The maximum Gasteiger partial charge on any atom is 0.128 e. The fraction of sp³-hybridized carbons (Fsp3) is 0.500. The lowest BCUT2D eigenvalue weighted by molar-refractivity contribution is 0.940. The summed E-state index contributed by atoms with van der Waals surface area (Å²) < 4.78 is 0. The molecule has 1 aromatic heterocycles. The Hall–Kier alpha value is -0.900. The Bertz CT molecular complexity index is 301. The third kappa shape index (κ3) is 2.80. The standard InChI is InChI=1S/C10H17N3S/c1-8-9(11)4-5-10(12-8)13(2)6-7-14-3/h4-5H,6-7,11H2,1-3H3. The number of hydrogen-bond donors (Lipinski definition) is 1. The molecule has 4 heteroatoms. The van der Waals surface area contributed by atoms with E-state index in [-0.39, 0.29) is 0 Å². The van der Waals surface area contributed by atoms with Gasteiger partial charge in [0.2, 0.25) is 0 Å². The molecular weight excluding hydrogens is 194 g/mol. The molecule has 0 radical (unpaired) electrons. The summed E-state index contributed by atoms with van der Waals surface area (Å²) in [5.41, 5.74) is 7.36. The molecule has 0 aromatic carbocycles. The van der Waals surface area contributed by atoms with E-state index in [2.05, 4.69) is 16.1 Å². The highest BCUT2D eigenvalue weighted by Crippen LogP contribution is 2.14. The van der Waals surface area contributed by atoms with E-state index >= 15 is 0 Å². The van der Waals surface area contributed by atoms with Crippen LogP contribution >= 0.6 is 11.8 Å². The molecule has 0 aliphatic heterocycles. The topological polar surface area (TPSA) is 42.1 Å². The van der Waals surface area contributed by atoms with Gasteiger partial charge in [0.15, 0.2) is 0 Å². The Morgan fingerprint density at radius 2 is 2.21 bits per heavy atom. The first kappa shape index (κ1) is 11.2. The van der Waals surface area contributed by atoms with E-state index in [9.17, 15) is 0 Å². The highest BCUT2D eigenvalue weighted by atomic mass is 32.2. The number of aryl methyl sites for hydroxylation is 1. The molecule has 2 N–H and O–H groups in total. The summed E-state index contributed by atoms with van der Waals surface area (Å²) in [6.45, 7) is 2.94. The normalized spacial score (nSPS) is 10.2. The van der Waals surface area contributed by atoms with Crippen LogP contribution in [0.3, 0.4) is 0 Å². The monoisotopic (exact) mass is 211 g/mol. The van der Waals surface area contributed by atoms with Gasteiger partial charge in [-0.3, -0.25) is 0 Å². The summed E-state index contributed by atoms with van der Waals surface area (Å²) in [7, 11) is 2.05. The van der Waals surface area contributed by atoms with Crippen LogP contribution in [0.25, 0.3) is 0 Å². The maximum atomic E-state index is 5.70. The molecule has 0 aliphatic rings. The fourth-order valence-corrected chi connectivity index (χ4v) is 1.57. The van der Waals surface area contributed by atoms with Crippen LogP contribution in [0.4, 0.5) is 11.5 Å².